The van der Waals surface area contributed by atoms with Gasteiger partial charge in [-0.05, 0) is 48.9 Å². The van der Waals surface area contributed by atoms with Crippen molar-refractivity contribution in [3.05, 3.63) is 39.7 Å². The van der Waals surface area contributed by atoms with Gasteiger partial charge in [0.25, 0.3) is 5.91 Å². The number of fused-ring (bicyclic) bond motifs is 1. The molecule has 2 atom stereocenters. The Hall–Kier alpha value is -3.36. The van der Waals surface area contributed by atoms with Crippen LogP contribution in [0.3, 0.4) is 0 Å². The third-order valence-corrected chi connectivity index (χ3v) is 5.43. The summed E-state index contributed by atoms with van der Waals surface area (Å²) in [6, 6.07) is 3.94. The van der Waals surface area contributed by atoms with Crippen molar-refractivity contribution in [3.8, 4) is 5.75 Å². The smallest absolute Gasteiger partial charge is 0.336 e. The molecule has 0 spiro atoms. The third-order valence-electron chi connectivity index (χ3n) is 5.43. The minimum atomic E-state index is -1.12. The molecule has 0 saturated carbocycles. The van der Waals surface area contributed by atoms with E-state index in [9.17, 15) is 24.3 Å². The molecule has 0 aliphatic carbocycles. The minimum Gasteiger partial charge on any atom is -0.483 e. The Balaban J connectivity index is 2.06. The lowest BCUT2D eigenvalue weighted by Crippen LogP contribution is -2.48. The fourth-order valence-electron chi connectivity index (χ4n) is 3.43. The number of rotatable bonds is 12. The van der Waals surface area contributed by atoms with Gasteiger partial charge < -0.3 is 24.9 Å². The first-order valence-electron chi connectivity index (χ1n) is 11.1. The summed E-state index contributed by atoms with van der Waals surface area (Å²) < 4.78 is 11.1. The van der Waals surface area contributed by atoms with Crippen LogP contribution < -0.4 is 21.0 Å². The average Bonchev–Trinajstić information content (AvgIpc) is 2.76. The van der Waals surface area contributed by atoms with Crippen molar-refractivity contribution in [3.63, 3.8) is 0 Å². The molecule has 0 fully saturated rings. The lowest BCUT2D eigenvalue weighted by molar-refractivity contribution is -0.143. The highest BCUT2D eigenvalue weighted by molar-refractivity contribution is 5.90. The highest BCUT2D eigenvalue weighted by Gasteiger charge is 2.25. The van der Waals surface area contributed by atoms with Gasteiger partial charge in [0, 0.05) is 6.07 Å². The molecule has 1 aromatic carbocycles. The van der Waals surface area contributed by atoms with Gasteiger partial charge >= 0.3 is 11.6 Å². The van der Waals surface area contributed by atoms with E-state index in [0.29, 0.717) is 29.6 Å². The summed E-state index contributed by atoms with van der Waals surface area (Å²) in [6.07, 6.45) is 3.09. The van der Waals surface area contributed by atoms with Crippen molar-refractivity contribution in [2.75, 3.05) is 13.2 Å². The third kappa shape index (κ3) is 7.34. The van der Waals surface area contributed by atoms with Gasteiger partial charge in [-0.25, -0.2) is 9.59 Å². The lowest BCUT2D eigenvalue weighted by atomic mass is 9.99. The summed E-state index contributed by atoms with van der Waals surface area (Å²) >= 11 is 0. The van der Waals surface area contributed by atoms with Crippen molar-refractivity contribution in [1.29, 1.82) is 0 Å². The number of carboxylic acids is 1. The SMILES string of the molecule is CCCCc1cc(=O)oc2cc(C)cc(OCC(=O)NCC(=O)NC(C(=O)O)C(C)CC)c12. The maximum atomic E-state index is 12.3. The largest absolute Gasteiger partial charge is 0.483 e. The van der Waals surface area contributed by atoms with E-state index in [1.807, 2.05) is 13.8 Å². The molecule has 0 bridgehead atoms. The number of nitrogens with one attached hydrogen (secondary N) is 2. The Morgan fingerprint density at radius 1 is 1.15 bits per heavy atom. The van der Waals surface area contributed by atoms with Gasteiger partial charge in [0.1, 0.15) is 17.4 Å². The molecule has 2 amide bonds. The Bertz CT molecular complexity index is 1060. The highest BCUT2D eigenvalue weighted by atomic mass is 16.5. The van der Waals surface area contributed by atoms with Gasteiger partial charge in [0.05, 0.1) is 11.9 Å². The topological polar surface area (TPSA) is 135 Å². The van der Waals surface area contributed by atoms with Crippen molar-refractivity contribution in [2.24, 2.45) is 5.92 Å². The molecular formula is C24H32N2O7. The zero-order chi connectivity index (χ0) is 24.5. The maximum Gasteiger partial charge on any atom is 0.336 e. The van der Waals surface area contributed by atoms with Crippen molar-refractivity contribution in [2.45, 2.75) is 59.4 Å². The van der Waals surface area contributed by atoms with E-state index in [2.05, 4.69) is 17.6 Å². The van der Waals surface area contributed by atoms with E-state index in [4.69, 9.17) is 9.15 Å². The summed E-state index contributed by atoms with van der Waals surface area (Å²) in [7, 11) is 0. The number of unbranched alkanes of at least 4 members (excludes halogenated alkanes) is 1. The first-order valence-corrected chi connectivity index (χ1v) is 11.1. The monoisotopic (exact) mass is 460 g/mol. The molecule has 1 aromatic heterocycles. The first kappa shape index (κ1) is 25.9. The molecule has 2 unspecified atom stereocenters. The summed E-state index contributed by atoms with van der Waals surface area (Å²) in [5.41, 5.74) is 1.56. The van der Waals surface area contributed by atoms with E-state index in [1.54, 1.807) is 19.1 Å². The van der Waals surface area contributed by atoms with E-state index in [-0.39, 0.29) is 19.1 Å². The molecule has 180 valence electrons. The number of ether oxygens (including phenoxy) is 1. The minimum absolute atomic E-state index is 0.248. The Labute approximate surface area is 192 Å². The molecule has 0 saturated heterocycles. The number of carbonyl (C=O) groups is 3. The van der Waals surface area contributed by atoms with Gasteiger partial charge in [-0.2, -0.15) is 0 Å². The molecule has 9 heteroatoms. The zero-order valence-corrected chi connectivity index (χ0v) is 19.5. The number of hydrogen-bond donors (Lipinski definition) is 3. The summed E-state index contributed by atoms with van der Waals surface area (Å²) in [4.78, 5) is 47.6. The number of carbonyl (C=O) groups excluding carboxylic acids is 2. The van der Waals surface area contributed by atoms with Crippen LogP contribution in [0.1, 0.15) is 51.2 Å². The van der Waals surface area contributed by atoms with Crippen LogP contribution in [0.25, 0.3) is 11.0 Å². The standard InChI is InChI=1S/C24H32N2O7/c1-5-7-8-16-11-21(29)33-18-10-14(3)9-17(22(16)18)32-13-20(28)25-12-19(27)26-23(24(30)31)15(4)6-2/h9-11,15,23H,5-8,12-13H2,1-4H3,(H,25,28)(H,26,27)(H,30,31). The summed E-state index contributed by atoms with van der Waals surface area (Å²) in [6.45, 7) is 6.72. The van der Waals surface area contributed by atoms with Gasteiger partial charge in [0.15, 0.2) is 6.61 Å². The van der Waals surface area contributed by atoms with Crippen molar-refractivity contribution >= 4 is 28.8 Å². The van der Waals surface area contributed by atoms with Crippen LogP contribution in [0.15, 0.2) is 27.4 Å². The van der Waals surface area contributed by atoms with E-state index >= 15 is 0 Å². The molecule has 33 heavy (non-hydrogen) atoms. The van der Waals surface area contributed by atoms with Crippen molar-refractivity contribution < 1.29 is 28.6 Å². The van der Waals surface area contributed by atoms with Gasteiger partial charge in [-0.15, -0.1) is 0 Å². The second-order valence-electron chi connectivity index (χ2n) is 8.16. The quantitative estimate of drug-likeness (QED) is 0.414. The first-order chi connectivity index (χ1) is 15.7. The predicted octanol–water partition coefficient (Wildman–Crippen LogP) is 2.55. The maximum absolute atomic E-state index is 12.3. The normalized spacial score (nSPS) is 12.7. The predicted molar refractivity (Wildman–Crippen MR) is 123 cm³/mol. The zero-order valence-electron chi connectivity index (χ0n) is 19.5. The Kier molecular flexibility index (Phi) is 9.44. The van der Waals surface area contributed by atoms with Crippen LogP contribution in [-0.4, -0.2) is 42.1 Å². The molecule has 1 heterocycles. The van der Waals surface area contributed by atoms with Crippen LogP contribution in [-0.2, 0) is 20.8 Å². The second kappa shape index (κ2) is 12.0. The van der Waals surface area contributed by atoms with Crippen LogP contribution in [0.5, 0.6) is 5.75 Å². The number of aliphatic carboxylic acids is 1. The number of carboxylic acid groups (broad SMARTS) is 1. The molecule has 0 radical (unpaired) electrons. The van der Waals surface area contributed by atoms with Crippen LogP contribution in [0.4, 0.5) is 0 Å². The molecule has 3 N–H and O–H groups in total. The van der Waals surface area contributed by atoms with Gasteiger partial charge in [0.2, 0.25) is 5.91 Å². The summed E-state index contributed by atoms with van der Waals surface area (Å²) in [5, 5.41) is 14.8. The van der Waals surface area contributed by atoms with Crippen LogP contribution in [0, 0.1) is 12.8 Å². The second-order valence-corrected chi connectivity index (χ2v) is 8.16. The molecule has 2 rings (SSSR count). The summed E-state index contributed by atoms with van der Waals surface area (Å²) in [5.74, 6) is -2.09. The molecule has 0 aliphatic heterocycles. The molecule has 9 nitrogen and oxygen atoms in total. The van der Waals surface area contributed by atoms with Crippen molar-refractivity contribution in [1.82, 2.24) is 10.6 Å². The molecular weight excluding hydrogens is 428 g/mol. The number of aryl methyl sites for hydroxylation is 2. The number of benzene rings is 1. The number of hydrogen-bond acceptors (Lipinski definition) is 6. The van der Waals surface area contributed by atoms with Gasteiger partial charge in [-0.3, -0.25) is 9.59 Å². The fourth-order valence-corrected chi connectivity index (χ4v) is 3.43. The van der Waals surface area contributed by atoms with Gasteiger partial charge in [-0.1, -0.05) is 33.6 Å². The number of amides is 2. The average molecular weight is 461 g/mol. The van der Waals surface area contributed by atoms with Crippen LogP contribution in [0.2, 0.25) is 0 Å². The molecule has 0 aliphatic rings. The highest BCUT2D eigenvalue weighted by Crippen LogP contribution is 2.30. The molecule has 2 aromatic rings. The van der Waals surface area contributed by atoms with E-state index in [1.165, 1.54) is 6.07 Å². The Morgan fingerprint density at radius 3 is 2.52 bits per heavy atom. The fraction of sp³-hybridized carbons (Fsp3) is 0.500. The van der Waals surface area contributed by atoms with E-state index < -0.39 is 29.5 Å². The lowest BCUT2D eigenvalue weighted by Gasteiger charge is -2.20. The van der Waals surface area contributed by atoms with E-state index in [0.717, 1.165) is 24.0 Å². The van der Waals surface area contributed by atoms with Crippen LogP contribution >= 0.6 is 0 Å². The Morgan fingerprint density at radius 2 is 1.88 bits per heavy atom.